The number of carbonyl (C=O) groups excluding carboxylic acids is 1. The average Bonchev–Trinajstić information content (AvgIpc) is 2.86. The van der Waals surface area contributed by atoms with Gasteiger partial charge in [-0.25, -0.2) is 5.01 Å². The Morgan fingerprint density at radius 2 is 1.78 bits per heavy atom. The summed E-state index contributed by atoms with van der Waals surface area (Å²) in [5.41, 5.74) is 1.08. The van der Waals surface area contributed by atoms with Crippen LogP contribution in [-0.4, -0.2) is 48.0 Å². The molecule has 1 aromatic rings. The average molecular weight is 383 g/mol. The maximum absolute atomic E-state index is 12.7. The number of β-lactam (4-membered cyclic amide) rings is 1. The van der Waals surface area contributed by atoms with Crippen LogP contribution in [0, 0.1) is 0 Å². The summed E-state index contributed by atoms with van der Waals surface area (Å²) in [5.74, 6) is 0.0237. The summed E-state index contributed by atoms with van der Waals surface area (Å²) in [6, 6.07) is 8.74. The van der Waals surface area contributed by atoms with Crippen molar-refractivity contribution in [3.63, 3.8) is 0 Å². The third-order valence-corrected chi connectivity index (χ3v) is 5.28. The summed E-state index contributed by atoms with van der Waals surface area (Å²) in [6.07, 6.45) is 1.75. The summed E-state index contributed by atoms with van der Waals surface area (Å²) in [6.45, 7) is 4.49. The lowest BCUT2D eigenvalue weighted by Crippen LogP contribution is -2.67. The van der Waals surface area contributed by atoms with Gasteiger partial charge in [-0.15, -0.1) is 0 Å². The zero-order chi connectivity index (χ0) is 16.6. The highest BCUT2D eigenvalue weighted by atomic mass is 79.9. The molecule has 2 heterocycles. The second kappa shape index (κ2) is 6.89. The standard InChI is InChI=1S/C17H23BrN2O3/c1-11-4-5-12(2)19(11)20-15(13-6-8-14(18)9-7-13)16(17(20)21)23-10-22-3/h6-9,11-12,15-16H,4-5,10H2,1-3H3/t11-,12-,15+,16-/m1/s1. The number of rotatable bonds is 5. The van der Waals surface area contributed by atoms with Gasteiger partial charge in [0.25, 0.3) is 5.91 Å². The van der Waals surface area contributed by atoms with Crippen molar-refractivity contribution in [2.75, 3.05) is 13.9 Å². The number of carbonyl (C=O) groups is 1. The van der Waals surface area contributed by atoms with Gasteiger partial charge in [-0.1, -0.05) is 28.1 Å². The molecule has 0 radical (unpaired) electrons. The van der Waals surface area contributed by atoms with E-state index < -0.39 is 6.10 Å². The fraction of sp³-hybridized carbons (Fsp3) is 0.588. The van der Waals surface area contributed by atoms with E-state index in [0.717, 1.165) is 22.9 Å². The van der Waals surface area contributed by atoms with Gasteiger partial charge < -0.3 is 9.47 Å². The molecule has 0 N–H and O–H groups in total. The summed E-state index contributed by atoms with van der Waals surface area (Å²) >= 11 is 3.46. The molecule has 0 saturated carbocycles. The minimum absolute atomic E-state index is 0.0237. The van der Waals surface area contributed by atoms with Crippen LogP contribution in [0.1, 0.15) is 38.3 Å². The van der Waals surface area contributed by atoms with Gasteiger partial charge in [0.15, 0.2) is 6.10 Å². The first-order valence-electron chi connectivity index (χ1n) is 8.02. The van der Waals surface area contributed by atoms with Gasteiger partial charge in [0.05, 0.1) is 0 Å². The molecule has 1 amide bonds. The molecule has 126 valence electrons. The van der Waals surface area contributed by atoms with E-state index in [0.29, 0.717) is 12.1 Å². The fourth-order valence-corrected chi connectivity index (χ4v) is 3.86. The molecule has 1 aromatic carbocycles. The first kappa shape index (κ1) is 16.9. The van der Waals surface area contributed by atoms with Crippen molar-refractivity contribution in [2.24, 2.45) is 0 Å². The van der Waals surface area contributed by atoms with Gasteiger partial charge >= 0.3 is 0 Å². The van der Waals surface area contributed by atoms with Gasteiger partial charge in [0.2, 0.25) is 0 Å². The minimum Gasteiger partial charge on any atom is -0.359 e. The zero-order valence-corrected chi connectivity index (χ0v) is 15.3. The summed E-state index contributed by atoms with van der Waals surface area (Å²) in [7, 11) is 1.57. The number of nitrogens with zero attached hydrogens (tertiary/aromatic N) is 2. The number of hydrazine groups is 1. The minimum atomic E-state index is -0.476. The van der Waals surface area contributed by atoms with Crippen molar-refractivity contribution in [3.8, 4) is 0 Å². The monoisotopic (exact) mass is 382 g/mol. The van der Waals surface area contributed by atoms with Crippen LogP contribution in [0.25, 0.3) is 0 Å². The predicted molar refractivity (Wildman–Crippen MR) is 90.5 cm³/mol. The molecular formula is C17H23BrN2O3. The number of benzene rings is 1. The van der Waals surface area contributed by atoms with Crippen molar-refractivity contribution in [1.82, 2.24) is 10.0 Å². The maximum atomic E-state index is 12.7. The number of ether oxygens (including phenoxy) is 2. The van der Waals surface area contributed by atoms with Crippen molar-refractivity contribution in [1.29, 1.82) is 0 Å². The Bertz CT molecular complexity index is 555. The van der Waals surface area contributed by atoms with Crippen LogP contribution in [0.15, 0.2) is 28.7 Å². The van der Waals surface area contributed by atoms with Crippen LogP contribution in [-0.2, 0) is 14.3 Å². The molecule has 2 saturated heterocycles. The molecule has 0 aliphatic carbocycles. The summed E-state index contributed by atoms with van der Waals surface area (Å²) in [4.78, 5) is 12.7. The third kappa shape index (κ3) is 3.05. The number of hydrogen-bond donors (Lipinski definition) is 0. The molecule has 23 heavy (non-hydrogen) atoms. The van der Waals surface area contributed by atoms with Gasteiger partial charge in [0.1, 0.15) is 12.8 Å². The maximum Gasteiger partial charge on any atom is 0.269 e. The van der Waals surface area contributed by atoms with Crippen LogP contribution in [0.4, 0.5) is 0 Å². The van der Waals surface area contributed by atoms with E-state index in [1.807, 2.05) is 29.3 Å². The van der Waals surface area contributed by atoms with Crippen molar-refractivity contribution in [2.45, 2.75) is 50.9 Å². The zero-order valence-electron chi connectivity index (χ0n) is 13.7. The first-order chi connectivity index (χ1) is 11.0. The van der Waals surface area contributed by atoms with Crippen LogP contribution in [0.2, 0.25) is 0 Å². The lowest BCUT2D eigenvalue weighted by atomic mass is 9.92. The van der Waals surface area contributed by atoms with Crippen molar-refractivity contribution >= 4 is 21.8 Å². The lowest BCUT2D eigenvalue weighted by Gasteiger charge is -2.53. The molecule has 2 aliphatic heterocycles. The summed E-state index contributed by atoms with van der Waals surface area (Å²) < 4.78 is 11.7. The third-order valence-electron chi connectivity index (χ3n) is 4.75. The Morgan fingerprint density at radius 1 is 1.17 bits per heavy atom. The van der Waals surface area contributed by atoms with E-state index >= 15 is 0 Å². The van der Waals surface area contributed by atoms with Crippen LogP contribution >= 0.6 is 15.9 Å². The van der Waals surface area contributed by atoms with E-state index in [4.69, 9.17) is 9.47 Å². The number of halogens is 1. The molecule has 3 rings (SSSR count). The smallest absolute Gasteiger partial charge is 0.269 e. The highest BCUT2D eigenvalue weighted by molar-refractivity contribution is 9.10. The van der Waals surface area contributed by atoms with Gasteiger partial charge in [0, 0.05) is 23.7 Å². The number of methoxy groups -OCH3 is 1. The molecule has 2 fully saturated rings. The van der Waals surface area contributed by atoms with Gasteiger partial charge in [-0.05, 0) is 44.4 Å². The first-order valence-corrected chi connectivity index (χ1v) is 8.81. The fourth-order valence-electron chi connectivity index (χ4n) is 3.59. The Balaban J connectivity index is 1.88. The van der Waals surface area contributed by atoms with Gasteiger partial charge in [-0.2, -0.15) is 0 Å². The molecular weight excluding hydrogens is 360 g/mol. The SMILES string of the molecule is COCO[C@H]1C(=O)N(N2[C@H](C)CC[C@H]2C)[C@H]1c1ccc(Br)cc1. The molecule has 0 bridgehead atoms. The normalized spacial score (nSPS) is 31.5. The predicted octanol–water partition coefficient (Wildman–Crippen LogP) is 3.11. The van der Waals surface area contributed by atoms with E-state index in [1.54, 1.807) is 7.11 Å². The molecule has 4 atom stereocenters. The quantitative estimate of drug-likeness (QED) is 0.579. The second-order valence-corrected chi connectivity index (χ2v) is 7.24. The second-order valence-electron chi connectivity index (χ2n) is 6.33. The van der Waals surface area contributed by atoms with Crippen LogP contribution in [0.5, 0.6) is 0 Å². The topological polar surface area (TPSA) is 42.0 Å². The Kier molecular flexibility index (Phi) is 5.06. The Morgan fingerprint density at radius 3 is 2.35 bits per heavy atom. The van der Waals surface area contributed by atoms with Crippen molar-refractivity contribution in [3.05, 3.63) is 34.3 Å². The van der Waals surface area contributed by atoms with E-state index in [2.05, 4.69) is 34.8 Å². The van der Waals surface area contributed by atoms with Crippen LogP contribution < -0.4 is 0 Å². The van der Waals surface area contributed by atoms with E-state index in [1.165, 1.54) is 0 Å². The van der Waals surface area contributed by atoms with E-state index in [-0.39, 0.29) is 18.7 Å². The molecule has 6 heteroatoms. The number of hydrogen-bond acceptors (Lipinski definition) is 4. The van der Waals surface area contributed by atoms with Crippen LogP contribution in [0.3, 0.4) is 0 Å². The molecule has 5 nitrogen and oxygen atoms in total. The molecule has 0 unspecified atom stereocenters. The molecule has 0 aromatic heterocycles. The summed E-state index contributed by atoms with van der Waals surface area (Å²) in [5, 5.41) is 4.12. The largest absolute Gasteiger partial charge is 0.359 e. The van der Waals surface area contributed by atoms with Crippen molar-refractivity contribution < 1.29 is 14.3 Å². The molecule has 0 spiro atoms. The Hall–Kier alpha value is -0.950. The number of amides is 1. The highest BCUT2D eigenvalue weighted by Crippen LogP contribution is 2.42. The van der Waals surface area contributed by atoms with E-state index in [9.17, 15) is 4.79 Å². The lowest BCUT2D eigenvalue weighted by molar-refractivity contribution is -0.230. The highest BCUT2D eigenvalue weighted by Gasteiger charge is 2.54. The Labute approximate surface area is 145 Å². The molecule has 2 aliphatic rings. The van der Waals surface area contributed by atoms with Gasteiger partial charge in [-0.3, -0.25) is 9.80 Å².